The Morgan fingerprint density at radius 2 is 1.71 bits per heavy atom. The van der Waals surface area contributed by atoms with Crippen LogP contribution in [0, 0.1) is 0 Å². The van der Waals surface area contributed by atoms with E-state index in [1.807, 2.05) is 33.8 Å². The van der Waals surface area contributed by atoms with E-state index in [1.54, 1.807) is 0 Å². The van der Waals surface area contributed by atoms with Crippen molar-refractivity contribution in [1.82, 2.24) is 0 Å². The predicted octanol–water partition coefficient (Wildman–Crippen LogP) is 1.92. The zero-order valence-corrected chi connectivity index (χ0v) is 9.29. The van der Waals surface area contributed by atoms with Gasteiger partial charge in [-0.25, -0.2) is 0 Å². The van der Waals surface area contributed by atoms with Crippen molar-refractivity contribution in [3.63, 3.8) is 0 Å². The average molecular weight is 196 g/mol. The Bertz CT molecular complexity index is 255. The molecule has 0 N–H and O–H groups in total. The summed E-state index contributed by atoms with van der Waals surface area (Å²) in [6.45, 7) is 8.93. The first kappa shape index (κ1) is 10.1. The lowest BCUT2D eigenvalue weighted by Crippen LogP contribution is -2.41. The standard InChI is InChI=1S/C10H17BO3/c1-9(2)10(3,4)14-11(13-9)8-6-5-7-12-8/h6H,5,7H2,1-4H3. The van der Waals surface area contributed by atoms with Gasteiger partial charge in [-0.2, -0.15) is 0 Å². The van der Waals surface area contributed by atoms with Crippen molar-refractivity contribution in [2.75, 3.05) is 6.61 Å². The van der Waals surface area contributed by atoms with Gasteiger partial charge in [0.05, 0.1) is 17.8 Å². The molecule has 0 aromatic carbocycles. The molecule has 1 saturated heterocycles. The van der Waals surface area contributed by atoms with Gasteiger partial charge in [0.25, 0.3) is 0 Å². The fourth-order valence-corrected chi connectivity index (χ4v) is 1.56. The van der Waals surface area contributed by atoms with Crippen LogP contribution < -0.4 is 0 Å². The average Bonchev–Trinajstić information content (AvgIpc) is 2.58. The van der Waals surface area contributed by atoms with Crippen molar-refractivity contribution < 1.29 is 14.0 Å². The van der Waals surface area contributed by atoms with Crippen molar-refractivity contribution in [3.05, 3.63) is 11.7 Å². The normalized spacial score (nSPS) is 28.9. The number of ether oxygens (including phenoxy) is 1. The minimum absolute atomic E-state index is 0.273. The Morgan fingerprint density at radius 1 is 1.14 bits per heavy atom. The second kappa shape index (κ2) is 3.01. The molecule has 0 aromatic heterocycles. The summed E-state index contributed by atoms with van der Waals surface area (Å²) in [6, 6.07) is 0. The molecule has 0 spiro atoms. The van der Waals surface area contributed by atoms with Crippen LogP contribution in [0.1, 0.15) is 34.1 Å². The third-order valence-electron chi connectivity index (χ3n) is 3.22. The van der Waals surface area contributed by atoms with Gasteiger partial charge in [-0.15, -0.1) is 0 Å². The van der Waals surface area contributed by atoms with Gasteiger partial charge < -0.3 is 14.0 Å². The minimum Gasteiger partial charge on any atom is -0.501 e. The maximum Gasteiger partial charge on any atom is 0.531 e. The van der Waals surface area contributed by atoms with E-state index in [1.165, 1.54) is 0 Å². The topological polar surface area (TPSA) is 27.7 Å². The van der Waals surface area contributed by atoms with Gasteiger partial charge in [0.2, 0.25) is 0 Å². The minimum atomic E-state index is -0.317. The third kappa shape index (κ3) is 1.46. The number of hydrogen-bond acceptors (Lipinski definition) is 3. The van der Waals surface area contributed by atoms with Crippen molar-refractivity contribution in [1.29, 1.82) is 0 Å². The SMILES string of the molecule is CC1(C)OB(C2=CCCO2)OC1(C)C. The highest BCUT2D eigenvalue weighted by molar-refractivity contribution is 6.53. The molecular weight excluding hydrogens is 179 g/mol. The largest absolute Gasteiger partial charge is 0.531 e. The maximum absolute atomic E-state index is 5.83. The first-order valence-corrected chi connectivity index (χ1v) is 5.11. The first-order valence-electron chi connectivity index (χ1n) is 5.11. The van der Waals surface area contributed by atoms with E-state index in [4.69, 9.17) is 14.0 Å². The van der Waals surface area contributed by atoms with E-state index < -0.39 is 0 Å². The second-order valence-corrected chi connectivity index (χ2v) is 4.83. The quantitative estimate of drug-likeness (QED) is 0.599. The van der Waals surface area contributed by atoms with Crippen LogP contribution in [0.5, 0.6) is 0 Å². The molecule has 0 amide bonds. The van der Waals surface area contributed by atoms with E-state index >= 15 is 0 Å². The Kier molecular flexibility index (Phi) is 2.16. The lowest BCUT2D eigenvalue weighted by Gasteiger charge is -2.32. The van der Waals surface area contributed by atoms with Gasteiger partial charge in [-0.05, 0) is 33.8 Å². The summed E-state index contributed by atoms with van der Waals surface area (Å²) in [6.07, 6.45) is 3.00. The van der Waals surface area contributed by atoms with Crippen LogP contribution >= 0.6 is 0 Å². The predicted molar refractivity (Wildman–Crippen MR) is 54.7 cm³/mol. The monoisotopic (exact) mass is 196 g/mol. The van der Waals surface area contributed by atoms with E-state index in [0.29, 0.717) is 0 Å². The van der Waals surface area contributed by atoms with Crippen molar-refractivity contribution in [2.24, 2.45) is 0 Å². The number of hydrogen-bond donors (Lipinski definition) is 0. The molecule has 2 aliphatic rings. The molecule has 0 radical (unpaired) electrons. The summed E-state index contributed by atoms with van der Waals surface area (Å²) >= 11 is 0. The van der Waals surface area contributed by atoms with Crippen LogP contribution in [0.25, 0.3) is 0 Å². The zero-order chi connectivity index (χ0) is 10.4. The van der Waals surface area contributed by atoms with Crippen molar-refractivity contribution >= 4 is 7.12 Å². The summed E-state index contributed by atoms with van der Waals surface area (Å²) in [5, 5.41) is 0. The van der Waals surface area contributed by atoms with Crippen molar-refractivity contribution in [2.45, 2.75) is 45.3 Å². The Balaban J connectivity index is 2.13. The molecule has 0 aliphatic carbocycles. The second-order valence-electron chi connectivity index (χ2n) is 4.83. The molecule has 2 rings (SSSR count). The summed E-state index contributed by atoms with van der Waals surface area (Å²) < 4.78 is 17.1. The summed E-state index contributed by atoms with van der Waals surface area (Å²) in [7, 11) is -0.317. The Labute approximate surface area is 85.6 Å². The maximum atomic E-state index is 5.83. The van der Waals surface area contributed by atoms with E-state index in [0.717, 1.165) is 18.7 Å². The molecule has 14 heavy (non-hydrogen) atoms. The summed E-state index contributed by atoms with van der Waals surface area (Å²) in [4.78, 5) is 0. The van der Waals surface area contributed by atoms with Gasteiger partial charge in [-0.1, -0.05) is 0 Å². The van der Waals surface area contributed by atoms with Gasteiger partial charge >= 0.3 is 7.12 Å². The Hall–Kier alpha value is -0.475. The molecule has 0 bridgehead atoms. The van der Waals surface area contributed by atoms with Crippen LogP contribution in [0.15, 0.2) is 11.7 Å². The molecular formula is C10H17BO3. The van der Waals surface area contributed by atoms with E-state index in [-0.39, 0.29) is 18.3 Å². The molecule has 78 valence electrons. The molecule has 1 fully saturated rings. The van der Waals surface area contributed by atoms with E-state index in [2.05, 4.69) is 0 Å². The highest BCUT2D eigenvalue weighted by Gasteiger charge is 2.53. The van der Waals surface area contributed by atoms with Crippen molar-refractivity contribution in [3.8, 4) is 0 Å². The first-order chi connectivity index (χ1) is 6.42. The fraction of sp³-hybridized carbons (Fsp3) is 0.800. The van der Waals surface area contributed by atoms with Crippen LogP contribution in [0.3, 0.4) is 0 Å². The van der Waals surface area contributed by atoms with Crippen LogP contribution in [0.2, 0.25) is 0 Å². The molecule has 0 saturated carbocycles. The zero-order valence-electron chi connectivity index (χ0n) is 9.29. The molecule has 4 heteroatoms. The third-order valence-corrected chi connectivity index (χ3v) is 3.22. The van der Waals surface area contributed by atoms with Crippen LogP contribution in [-0.2, 0) is 14.0 Å². The molecule has 0 atom stereocenters. The van der Waals surface area contributed by atoms with Gasteiger partial charge in [-0.3, -0.25) is 0 Å². The Morgan fingerprint density at radius 3 is 2.14 bits per heavy atom. The highest BCUT2D eigenvalue weighted by Crippen LogP contribution is 2.39. The van der Waals surface area contributed by atoms with Crippen LogP contribution in [-0.4, -0.2) is 24.9 Å². The van der Waals surface area contributed by atoms with E-state index in [9.17, 15) is 0 Å². The molecule has 0 unspecified atom stereocenters. The van der Waals surface area contributed by atoms with Gasteiger partial charge in [0, 0.05) is 6.42 Å². The van der Waals surface area contributed by atoms with Crippen LogP contribution in [0.4, 0.5) is 0 Å². The molecule has 0 aromatic rings. The molecule has 3 nitrogen and oxygen atoms in total. The number of rotatable bonds is 1. The fourth-order valence-electron chi connectivity index (χ4n) is 1.56. The van der Waals surface area contributed by atoms with Gasteiger partial charge in [0.15, 0.2) is 0 Å². The lowest BCUT2D eigenvalue weighted by molar-refractivity contribution is 0.00578. The highest BCUT2D eigenvalue weighted by atomic mass is 16.7. The van der Waals surface area contributed by atoms with Gasteiger partial charge in [0.1, 0.15) is 5.66 Å². The summed E-state index contributed by atoms with van der Waals surface area (Å²) in [5.74, 6) is 0. The summed E-state index contributed by atoms with van der Waals surface area (Å²) in [5.41, 5.74) is 0.290. The molecule has 2 heterocycles. The smallest absolute Gasteiger partial charge is 0.501 e. The molecule has 2 aliphatic heterocycles. The lowest BCUT2D eigenvalue weighted by atomic mass is 9.87.